The van der Waals surface area contributed by atoms with Gasteiger partial charge in [-0.2, -0.15) is 0 Å². The van der Waals surface area contributed by atoms with Crippen LogP contribution in [0.25, 0.3) is 88.1 Å². The number of nitrogens with zero attached hydrogens (tertiary/aromatic N) is 3. The fourth-order valence-electron chi connectivity index (χ4n) is 6.84. The Morgan fingerprint density at radius 2 is 0.891 bits per heavy atom. The zero-order valence-electron chi connectivity index (χ0n) is 24.9. The molecule has 0 atom stereocenters. The molecule has 0 amide bonds. The Labute approximate surface area is 266 Å². The van der Waals surface area contributed by atoms with E-state index in [0.717, 1.165) is 33.5 Å². The summed E-state index contributed by atoms with van der Waals surface area (Å²) in [4.78, 5) is 13.3. The van der Waals surface area contributed by atoms with Crippen molar-refractivity contribution < 1.29 is 0 Å². The predicted octanol–water partition coefficient (Wildman–Crippen LogP) is 11.1. The van der Waals surface area contributed by atoms with Gasteiger partial charge in [-0.1, -0.05) is 91.0 Å². The predicted molar refractivity (Wildman–Crippen MR) is 191 cm³/mol. The van der Waals surface area contributed by atoms with E-state index in [-0.39, 0.29) is 0 Å². The van der Waals surface area contributed by atoms with Crippen molar-refractivity contribution in [2.24, 2.45) is 0 Å². The molecule has 0 aliphatic rings. The minimum Gasteiger partial charge on any atom is -0.264 e. The van der Waals surface area contributed by atoms with Crippen LogP contribution >= 0.6 is 0 Å². The lowest BCUT2D eigenvalue weighted by Crippen LogP contribution is -1.91. The maximum absolute atomic E-state index is 4.53. The Morgan fingerprint density at radius 1 is 0.348 bits per heavy atom. The second kappa shape index (κ2) is 10.8. The van der Waals surface area contributed by atoms with E-state index in [1.165, 1.54) is 54.6 Å². The van der Waals surface area contributed by atoms with Gasteiger partial charge in [-0.15, -0.1) is 0 Å². The molecule has 3 aromatic heterocycles. The molecule has 0 spiro atoms. The van der Waals surface area contributed by atoms with E-state index >= 15 is 0 Å². The highest BCUT2D eigenvalue weighted by Gasteiger charge is 2.16. The molecule has 0 unspecified atom stereocenters. The van der Waals surface area contributed by atoms with Crippen LogP contribution in [0.15, 0.2) is 164 Å². The lowest BCUT2D eigenvalue weighted by molar-refractivity contribution is 1.32. The van der Waals surface area contributed by atoms with E-state index in [2.05, 4.69) is 124 Å². The van der Waals surface area contributed by atoms with Crippen LogP contribution in [0.4, 0.5) is 0 Å². The Bertz CT molecular complexity index is 2430. The van der Waals surface area contributed by atoms with Crippen molar-refractivity contribution in [2.75, 3.05) is 0 Å². The molecule has 9 rings (SSSR count). The van der Waals surface area contributed by atoms with Crippen LogP contribution in [0.3, 0.4) is 0 Å². The zero-order chi connectivity index (χ0) is 30.5. The third-order valence-electron chi connectivity index (χ3n) is 9.05. The summed E-state index contributed by atoms with van der Waals surface area (Å²) in [6.07, 6.45) is 9.34. The summed E-state index contributed by atoms with van der Waals surface area (Å²) in [5.41, 5.74) is 11.4. The summed E-state index contributed by atoms with van der Waals surface area (Å²) in [7, 11) is 0. The van der Waals surface area contributed by atoms with Gasteiger partial charge in [-0.05, 0) is 108 Å². The van der Waals surface area contributed by atoms with Crippen LogP contribution < -0.4 is 0 Å². The third kappa shape index (κ3) is 4.41. The van der Waals surface area contributed by atoms with Crippen LogP contribution in [-0.4, -0.2) is 15.0 Å². The first-order valence-corrected chi connectivity index (χ1v) is 15.5. The maximum atomic E-state index is 4.53. The smallest absolute Gasteiger partial charge is 0.0701 e. The standard InChI is InChI=1S/C43H27N3/c1-2-22-46-41(7-1)29-10-8-28(9-11-29)37-16-14-30-12-13-31-15-17-38(40-19-18-39(37)42(30)43(31)40)36-24-34(32-5-3-20-44-26-32)23-35(25-36)33-6-4-21-45-27-33/h1-27H. The van der Waals surface area contributed by atoms with Gasteiger partial charge in [0.15, 0.2) is 0 Å². The third-order valence-corrected chi connectivity index (χ3v) is 9.05. The first-order chi connectivity index (χ1) is 22.8. The highest BCUT2D eigenvalue weighted by Crippen LogP contribution is 2.43. The Morgan fingerprint density at radius 3 is 1.43 bits per heavy atom. The number of rotatable bonds is 5. The fourth-order valence-corrected chi connectivity index (χ4v) is 6.84. The molecule has 9 aromatic rings. The van der Waals surface area contributed by atoms with Crippen molar-refractivity contribution in [3.8, 4) is 55.8 Å². The van der Waals surface area contributed by atoms with Gasteiger partial charge in [0.05, 0.1) is 5.69 Å². The van der Waals surface area contributed by atoms with Crippen LogP contribution in [0, 0.1) is 0 Å². The molecule has 46 heavy (non-hydrogen) atoms. The average Bonchev–Trinajstić information content (AvgIpc) is 3.14. The summed E-state index contributed by atoms with van der Waals surface area (Å²) >= 11 is 0. The molecule has 3 heterocycles. The van der Waals surface area contributed by atoms with E-state index in [9.17, 15) is 0 Å². The molecule has 0 aliphatic carbocycles. The zero-order valence-corrected chi connectivity index (χ0v) is 24.9. The van der Waals surface area contributed by atoms with E-state index in [1.807, 2.05) is 55.2 Å². The molecular weight excluding hydrogens is 558 g/mol. The van der Waals surface area contributed by atoms with Crippen molar-refractivity contribution >= 4 is 32.3 Å². The Kier molecular flexibility index (Phi) is 6.14. The molecule has 0 saturated carbocycles. The molecule has 6 aromatic carbocycles. The molecule has 214 valence electrons. The molecular formula is C43H27N3. The van der Waals surface area contributed by atoms with Gasteiger partial charge in [0.1, 0.15) is 0 Å². The van der Waals surface area contributed by atoms with Gasteiger partial charge in [0.2, 0.25) is 0 Å². The van der Waals surface area contributed by atoms with Crippen LogP contribution in [0.2, 0.25) is 0 Å². The summed E-state index contributed by atoms with van der Waals surface area (Å²) < 4.78 is 0. The lowest BCUT2D eigenvalue weighted by Gasteiger charge is -2.18. The number of benzene rings is 6. The van der Waals surface area contributed by atoms with Crippen molar-refractivity contribution in [3.63, 3.8) is 0 Å². The van der Waals surface area contributed by atoms with E-state index in [1.54, 1.807) is 0 Å². The number of hydrogen-bond acceptors (Lipinski definition) is 3. The van der Waals surface area contributed by atoms with Crippen molar-refractivity contribution in [1.29, 1.82) is 0 Å². The van der Waals surface area contributed by atoms with Crippen molar-refractivity contribution in [1.82, 2.24) is 15.0 Å². The number of aromatic nitrogens is 3. The summed E-state index contributed by atoms with van der Waals surface area (Å²) in [6, 6.07) is 48.0. The highest BCUT2D eigenvalue weighted by molar-refractivity contribution is 6.27. The summed E-state index contributed by atoms with van der Waals surface area (Å²) in [5.74, 6) is 0. The van der Waals surface area contributed by atoms with Gasteiger partial charge < -0.3 is 0 Å². The highest BCUT2D eigenvalue weighted by atomic mass is 14.7. The first kappa shape index (κ1) is 26.2. The van der Waals surface area contributed by atoms with E-state index in [4.69, 9.17) is 0 Å². The number of hydrogen-bond donors (Lipinski definition) is 0. The first-order valence-electron chi connectivity index (χ1n) is 15.5. The lowest BCUT2D eigenvalue weighted by atomic mass is 9.86. The topological polar surface area (TPSA) is 38.7 Å². The number of pyridine rings is 3. The Balaban J connectivity index is 1.24. The van der Waals surface area contributed by atoms with Gasteiger partial charge in [0.25, 0.3) is 0 Å². The second-order valence-corrected chi connectivity index (χ2v) is 11.7. The summed E-state index contributed by atoms with van der Waals surface area (Å²) in [5, 5.41) is 7.61. The van der Waals surface area contributed by atoms with Crippen LogP contribution in [-0.2, 0) is 0 Å². The van der Waals surface area contributed by atoms with Crippen LogP contribution in [0.5, 0.6) is 0 Å². The molecule has 0 bridgehead atoms. The molecule has 0 radical (unpaired) electrons. The largest absolute Gasteiger partial charge is 0.264 e. The summed E-state index contributed by atoms with van der Waals surface area (Å²) in [6.45, 7) is 0. The minimum absolute atomic E-state index is 0.983. The maximum Gasteiger partial charge on any atom is 0.0701 e. The molecule has 3 heteroatoms. The van der Waals surface area contributed by atoms with Gasteiger partial charge in [-0.25, -0.2) is 0 Å². The Hall–Kier alpha value is -6.19. The van der Waals surface area contributed by atoms with Gasteiger partial charge in [-0.3, -0.25) is 15.0 Å². The minimum atomic E-state index is 0.983. The SMILES string of the molecule is c1ccc(-c2ccc(-c3ccc4ccc5ccc(-c6cc(-c7cccnc7)cc(-c7cccnc7)c6)c6ccc3c4c56)cc2)nc1. The molecule has 0 saturated heterocycles. The normalized spacial score (nSPS) is 11.5. The van der Waals surface area contributed by atoms with Gasteiger partial charge >= 0.3 is 0 Å². The molecule has 3 nitrogen and oxygen atoms in total. The van der Waals surface area contributed by atoms with E-state index in [0.29, 0.717) is 0 Å². The average molecular weight is 586 g/mol. The van der Waals surface area contributed by atoms with Crippen molar-refractivity contribution in [2.45, 2.75) is 0 Å². The fraction of sp³-hybridized carbons (Fsp3) is 0. The molecule has 0 aliphatic heterocycles. The van der Waals surface area contributed by atoms with Crippen molar-refractivity contribution in [3.05, 3.63) is 164 Å². The molecule has 0 N–H and O–H groups in total. The van der Waals surface area contributed by atoms with E-state index < -0.39 is 0 Å². The monoisotopic (exact) mass is 585 g/mol. The second-order valence-electron chi connectivity index (χ2n) is 11.7. The van der Waals surface area contributed by atoms with Crippen LogP contribution in [0.1, 0.15) is 0 Å². The molecule has 0 fully saturated rings. The van der Waals surface area contributed by atoms with Gasteiger partial charge in [0, 0.05) is 47.7 Å². The quantitative estimate of drug-likeness (QED) is 0.189.